The number of ether oxygens (including phenoxy) is 1. The van der Waals surface area contributed by atoms with Gasteiger partial charge in [0.05, 0.1) is 6.54 Å². The van der Waals surface area contributed by atoms with Crippen LogP contribution < -0.4 is 10.1 Å². The van der Waals surface area contributed by atoms with Gasteiger partial charge in [-0.25, -0.2) is 0 Å². The van der Waals surface area contributed by atoms with E-state index >= 15 is 0 Å². The number of hydrogen-bond donors (Lipinski definition) is 1. The molecule has 1 aromatic carbocycles. The number of benzene rings is 1. The second-order valence-electron chi connectivity index (χ2n) is 5.21. The number of thioether (sulfide) groups is 1. The van der Waals surface area contributed by atoms with Crippen LogP contribution in [0, 0.1) is 5.41 Å². The van der Waals surface area contributed by atoms with Crippen molar-refractivity contribution in [3.8, 4) is 5.75 Å². The lowest BCUT2D eigenvalue weighted by atomic mass is 9.84. The summed E-state index contributed by atoms with van der Waals surface area (Å²) in [5.74, 6) is 2.09. The summed E-state index contributed by atoms with van der Waals surface area (Å²) < 4.78 is 5.65. The van der Waals surface area contributed by atoms with Gasteiger partial charge in [-0.2, -0.15) is 0 Å². The molecular weight excluding hydrogens is 268 g/mol. The smallest absolute Gasteiger partial charge is 0.156 e. The molecule has 1 N–H and O–H groups in total. The first-order valence-corrected chi connectivity index (χ1v) is 8.35. The topological polar surface area (TPSA) is 33.6 Å². The zero-order chi connectivity index (χ0) is 14.3. The summed E-state index contributed by atoms with van der Waals surface area (Å²) in [6, 6.07) is 9.91. The Labute approximate surface area is 126 Å². The van der Waals surface area contributed by atoms with Gasteiger partial charge in [-0.1, -0.05) is 43.8 Å². The summed E-state index contributed by atoms with van der Waals surface area (Å²) >= 11 is 1.85. The third kappa shape index (κ3) is 4.17. The van der Waals surface area contributed by atoms with Crippen LogP contribution in [0.1, 0.15) is 26.7 Å². The molecule has 110 valence electrons. The minimum atomic E-state index is 0.413. The molecule has 0 fully saturated rings. The minimum Gasteiger partial charge on any atom is -0.492 e. The molecule has 20 heavy (non-hydrogen) atoms. The predicted molar refractivity (Wildman–Crippen MR) is 87.7 cm³/mol. The molecule has 0 radical (unpaired) electrons. The first-order valence-electron chi connectivity index (χ1n) is 7.37. The maximum Gasteiger partial charge on any atom is 0.156 e. The van der Waals surface area contributed by atoms with E-state index in [2.05, 4.69) is 24.2 Å². The van der Waals surface area contributed by atoms with Crippen molar-refractivity contribution in [2.24, 2.45) is 10.4 Å². The molecule has 0 bridgehead atoms. The summed E-state index contributed by atoms with van der Waals surface area (Å²) in [6.45, 7) is 6.95. The van der Waals surface area contributed by atoms with Gasteiger partial charge in [-0.3, -0.25) is 4.99 Å². The summed E-state index contributed by atoms with van der Waals surface area (Å²) in [5.41, 5.74) is 0.413. The Balaban J connectivity index is 1.69. The van der Waals surface area contributed by atoms with Crippen LogP contribution in [0.5, 0.6) is 5.75 Å². The third-order valence-corrected chi connectivity index (χ3v) is 5.27. The monoisotopic (exact) mass is 292 g/mol. The molecular formula is C16H24N2OS. The minimum absolute atomic E-state index is 0.413. The second kappa shape index (κ2) is 7.58. The van der Waals surface area contributed by atoms with Gasteiger partial charge in [0.25, 0.3) is 0 Å². The Morgan fingerprint density at radius 2 is 2.00 bits per heavy atom. The molecule has 2 rings (SSSR count). The second-order valence-corrected chi connectivity index (χ2v) is 6.17. The molecule has 0 unspecified atom stereocenters. The summed E-state index contributed by atoms with van der Waals surface area (Å²) in [7, 11) is 0. The first-order chi connectivity index (χ1) is 9.78. The molecule has 0 aromatic heterocycles. The van der Waals surface area contributed by atoms with E-state index in [1.54, 1.807) is 0 Å². The lowest BCUT2D eigenvalue weighted by Crippen LogP contribution is -2.35. The van der Waals surface area contributed by atoms with Crippen LogP contribution in [-0.2, 0) is 0 Å². The molecule has 0 saturated carbocycles. The Bertz CT molecular complexity index is 429. The number of nitrogens with one attached hydrogen (secondary N) is 1. The highest BCUT2D eigenvalue weighted by Crippen LogP contribution is 2.34. The van der Waals surface area contributed by atoms with Gasteiger partial charge in [0.1, 0.15) is 12.4 Å². The van der Waals surface area contributed by atoms with Crippen LogP contribution in [0.3, 0.4) is 0 Å². The van der Waals surface area contributed by atoms with Crippen molar-refractivity contribution in [1.29, 1.82) is 0 Å². The van der Waals surface area contributed by atoms with Crippen LogP contribution in [0.2, 0.25) is 0 Å². The maximum atomic E-state index is 5.65. The van der Waals surface area contributed by atoms with E-state index in [1.165, 1.54) is 18.6 Å². The van der Waals surface area contributed by atoms with Gasteiger partial charge >= 0.3 is 0 Å². The van der Waals surface area contributed by atoms with Crippen LogP contribution in [-0.4, -0.2) is 30.6 Å². The van der Waals surface area contributed by atoms with Crippen molar-refractivity contribution >= 4 is 16.9 Å². The number of rotatable bonds is 6. The molecule has 4 heteroatoms. The number of hydrogen-bond acceptors (Lipinski definition) is 4. The van der Waals surface area contributed by atoms with Crippen molar-refractivity contribution < 1.29 is 4.74 Å². The highest BCUT2D eigenvalue weighted by atomic mass is 32.2. The van der Waals surface area contributed by atoms with E-state index in [0.717, 1.165) is 24.0 Å². The lowest BCUT2D eigenvalue weighted by molar-refractivity contribution is 0.315. The Morgan fingerprint density at radius 3 is 2.60 bits per heavy atom. The summed E-state index contributed by atoms with van der Waals surface area (Å²) in [4.78, 5) is 4.68. The molecule has 0 saturated heterocycles. The van der Waals surface area contributed by atoms with Crippen molar-refractivity contribution in [3.05, 3.63) is 30.3 Å². The molecule has 1 heterocycles. The van der Waals surface area contributed by atoms with Crippen molar-refractivity contribution in [2.45, 2.75) is 26.7 Å². The fourth-order valence-corrected chi connectivity index (χ4v) is 3.48. The van der Waals surface area contributed by atoms with Crippen molar-refractivity contribution in [3.63, 3.8) is 0 Å². The number of amidine groups is 1. The average molecular weight is 292 g/mol. The molecule has 1 aliphatic rings. The first kappa shape index (κ1) is 15.2. The van der Waals surface area contributed by atoms with E-state index in [4.69, 9.17) is 4.74 Å². The van der Waals surface area contributed by atoms with Gasteiger partial charge < -0.3 is 10.1 Å². The van der Waals surface area contributed by atoms with Gasteiger partial charge in [0, 0.05) is 12.3 Å². The molecule has 0 spiro atoms. The van der Waals surface area contributed by atoms with Crippen LogP contribution >= 0.6 is 11.8 Å². The molecule has 0 amide bonds. The van der Waals surface area contributed by atoms with Crippen LogP contribution in [0.15, 0.2) is 35.3 Å². The van der Waals surface area contributed by atoms with E-state index in [1.807, 2.05) is 42.1 Å². The number of para-hydroxylation sites is 1. The van der Waals surface area contributed by atoms with E-state index in [9.17, 15) is 0 Å². The number of nitrogens with zero attached hydrogens (tertiary/aromatic N) is 1. The quantitative estimate of drug-likeness (QED) is 0.814. The van der Waals surface area contributed by atoms with Crippen LogP contribution in [0.4, 0.5) is 0 Å². The fourth-order valence-electron chi connectivity index (χ4n) is 2.18. The largest absolute Gasteiger partial charge is 0.492 e. The standard InChI is InChI=1S/C16H24N2OS/c1-3-16(4-2)12-18-15(20-13-16)17-10-11-19-14-8-6-5-7-9-14/h5-9H,3-4,10-13H2,1-2H3,(H,17,18). The van der Waals surface area contributed by atoms with Gasteiger partial charge in [0.2, 0.25) is 0 Å². The highest BCUT2D eigenvalue weighted by Gasteiger charge is 2.29. The van der Waals surface area contributed by atoms with Crippen LogP contribution in [0.25, 0.3) is 0 Å². The maximum absolute atomic E-state index is 5.65. The van der Waals surface area contributed by atoms with Gasteiger partial charge in [-0.05, 0) is 30.4 Å². The molecule has 0 aliphatic carbocycles. The predicted octanol–water partition coefficient (Wildman–Crippen LogP) is 3.56. The van der Waals surface area contributed by atoms with Gasteiger partial charge in [0.15, 0.2) is 5.17 Å². The zero-order valence-electron chi connectivity index (χ0n) is 12.4. The average Bonchev–Trinajstić information content (AvgIpc) is 2.53. The number of aliphatic imine (C=N–C) groups is 1. The van der Waals surface area contributed by atoms with Crippen molar-refractivity contribution in [2.75, 3.05) is 25.4 Å². The molecule has 0 atom stereocenters. The molecule has 1 aromatic rings. The third-order valence-electron chi connectivity index (χ3n) is 3.96. The zero-order valence-corrected chi connectivity index (χ0v) is 13.2. The fraction of sp³-hybridized carbons (Fsp3) is 0.562. The lowest BCUT2D eigenvalue weighted by Gasteiger charge is -2.33. The summed E-state index contributed by atoms with van der Waals surface area (Å²) in [6.07, 6.45) is 2.43. The van der Waals surface area contributed by atoms with Gasteiger partial charge in [-0.15, -0.1) is 0 Å². The Kier molecular flexibility index (Phi) is 5.77. The molecule has 1 aliphatic heterocycles. The Hall–Kier alpha value is -1.16. The van der Waals surface area contributed by atoms with E-state index < -0.39 is 0 Å². The van der Waals surface area contributed by atoms with Crippen molar-refractivity contribution in [1.82, 2.24) is 5.32 Å². The normalized spacial score (nSPS) is 17.4. The summed E-state index contributed by atoms with van der Waals surface area (Å²) in [5, 5.41) is 4.43. The van der Waals surface area contributed by atoms with E-state index in [-0.39, 0.29) is 0 Å². The SMILES string of the molecule is CCC1(CC)CN=C(NCCOc2ccccc2)SC1. The molecule has 3 nitrogen and oxygen atoms in total. The highest BCUT2D eigenvalue weighted by molar-refractivity contribution is 8.13. The van der Waals surface area contributed by atoms with E-state index in [0.29, 0.717) is 12.0 Å². The Morgan fingerprint density at radius 1 is 1.25 bits per heavy atom.